The van der Waals surface area contributed by atoms with Gasteiger partial charge in [-0.15, -0.1) is 0 Å². The van der Waals surface area contributed by atoms with E-state index in [0.29, 0.717) is 33.0 Å². The Morgan fingerprint density at radius 1 is 1.06 bits per heavy atom. The minimum Gasteiger partial charge on any atom is -0.422 e. The zero-order valence-corrected chi connectivity index (χ0v) is 19.3. The summed E-state index contributed by atoms with van der Waals surface area (Å²) in [4.78, 5) is 28.5. The van der Waals surface area contributed by atoms with E-state index in [1.54, 1.807) is 36.4 Å². The summed E-state index contributed by atoms with van der Waals surface area (Å²) in [5.74, 6) is -0.375. The summed E-state index contributed by atoms with van der Waals surface area (Å²) < 4.78 is 6.38. The molecule has 0 aliphatic heterocycles. The second kappa shape index (κ2) is 8.69. The van der Waals surface area contributed by atoms with E-state index in [-0.39, 0.29) is 5.91 Å². The van der Waals surface area contributed by atoms with Crippen molar-refractivity contribution in [3.63, 3.8) is 0 Å². The Labute approximate surface area is 201 Å². The Morgan fingerprint density at radius 3 is 2.67 bits per heavy atom. The minimum absolute atomic E-state index is 0.367. The molecule has 0 fully saturated rings. The van der Waals surface area contributed by atoms with Gasteiger partial charge in [-0.25, -0.2) is 10.2 Å². The van der Waals surface area contributed by atoms with Crippen LogP contribution in [0.5, 0.6) is 0 Å². The maximum atomic E-state index is 12.8. The van der Waals surface area contributed by atoms with Crippen molar-refractivity contribution in [2.24, 2.45) is 5.10 Å². The fourth-order valence-electron chi connectivity index (χ4n) is 3.59. The number of carbonyl (C=O) groups excluding carboxylic acids is 1. The predicted octanol–water partition coefficient (Wildman–Crippen LogP) is 6.12. The zero-order valence-electron chi connectivity index (χ0n) is 16.9. The number of hydrogen-bond donors (Lipinski definition) is 2. The molecule has 5 aromatic rings. The number of aromatic nitrogens is 1. The first kappa shape index (κ1) is 21.2. The molecular weight excluding hydrogens is 506 g/mol. The molecule has 1 amide bonds. The smallest absolute Gasteiger partial charge is 0.345 e. The predicted molar refractivity (Wildman–Crippen MR) is 134 cm³/mol. The monoisotopic (exact) mass is 519 g/mol. The average molecular weight is 521 g/mol. The third-order valence-electron chi connectivity index (χ3n) is 5.18. The third kappa shape index (κ3) is 4.20. The Balaban J connectivity index is 1.56. The number of benzene rings is 3. The SMILES string of the molecule is O=C(N/N=C/c1c(-c2cc3ccc(Br)cc3oc2=O)[nH]c2ccccc12)c1ccc(Cl)cc1. The van der Waals surface area contributed by atoms with Crippen LogP contribution in [0.15, 0.2) is 91.6 Å². The molecule has 3 aromatic carbocycles. The number of rotatable bonds is 4. The molecule has 33 heavy (non-hydrogen) atoms. The van der Waals surface area contributed by atoms with Crippen molar-refractivity contribution in [3.05, 3.63) is 104 Å². The molecule has 0 saturated carbocycles. The van der Waals surface area contributed by atoms with Gasteiger partial charge >= 0.3 is 5.63 Å². The van der Waals surface area contributed by atoms with Crippen molar-refractivity contribution in [1.29, 1.82) is 0 Å². The van der Waals surface area contributed by atoms with Crippen molar-refractivity contribution in [3.8, 4) is 11.3 Å². The maximum absolute atomic E-state index is 12.8. The van der Waals surface area contributed by atoms with Crippen molar-refractivity contribution < 1.29 is 9.21 Å². The van der Waals surface area contributed by atoms with Crippen LogP contribution in [0, 0.1) is 0 Å². The molecule has 0 atom stereocenters. The molecule has 0 aliphatic carbocycles. The second-order valence-electron chi connectivity index (χ2n) is 7.29. The van der Waals surface area contributed by atoms with Crippen LogP contribution in [0.1, 0.15) is 15.9 Å². The van der Waals surface area contributed by atoms with Gasteiger partial charge in [0, 0.05) is 36.9 Å². The van der Waals surface area contributed by atoms with Gasteiger partial charge in [0.05, 0.1) is 17.5 Å². The summed E-state index contributed by atoms with van der Waals surface area (Å²) in [5.41, 5.74) is 5.36. The van der Waals surface area contributed by atoms with Crippen LogP contribution in [0.4, 0.5) is 0 Å². The number of hydrogen-bond acceptors (Lipinski definition) is 4. The number of hydrazone groups is 1. The lowest BCUT2D eigenvalue weighted by Crippen LogP contribution is -2.17. The van der Waals surface area contributed by atoms with E-state index < -0.39 is 5.63 Å². The Bertz CT molecular complexity index is 1600. The van der Waals surface area contributed by atoms with Crippen LogP contribution in [-0.4, -0.2) is 17.1 Å². The minimum atomic E-state index is -0.480. The lowest BCUT2D eigenvalue weighted by Gasteiger charge is -2.03. The Kier molecular flexibility index (Phi) is 5.58. The lowest BCUT2D eigenvalue weighted by molar-refractivity contribution is 0.0955. The Hall–Kier alpha value is -3.68. The van der Waals surface area contributed by atoms with Gasteiger partial charge in [0.2, 0.25) is 0 Å². The number of halogens is 2. The molecule has 5 rings (SSSR count). The number of H-pyrrole nitrogens is 1. The number of fused-ring (bicyclic) bond motifs is 2. The van der Waals surface area contributed by atoms with Gasteiger partial charge in [0.1, 0.15) is 5.58 Å². The molecule has 162 valence electrons. The van der Waals surface area contributed by atoms with Crippen LogP contribution >= 0.6 is 27.5 Å². The first-order chi connectivity index (χ1) is 16.0. The first-order valence-electron chi connectivity index (χ1n) is 9.93. The molecule has 6 nitrogen and oxygen atoms in total. The molecule has 0 bridgehead atoms. The van der Waals surface area contributed by atoms with Crippen LogP contribution in [0.25, 0.3) is 33.1 Å². The van der Waals surface area contributed by atoms with E-state index in [4.69, 9.17) is 16.0 Å². The largest absolute Gasteiger partial charge is 0.422 e. The van der Waals surface area contributed by atoms with Crippen LogP contribution in [0.3, 0.4) is 0 Å². The highest BCUT2D eigenvalue weighted by Crippen LogP contribution is 2.29. The van der Waals surface area contributed by atoms with E-state index in [1.165, 1.54) is 6.21 Å². The number of amides is 1. The van der Waals surface area contributed by atoms with Crippen LogP contribution in [-0.2, 0) is 0 Å². The lowest BCUT2D eigenvalue weighted by atomic mass is 10.1. The molecule has 2 heterocycles. The summed E-state index contributed by atoms with van der Waals surface area (Å²) in [6.45, 7) is 0. The number of carbonyl (C=O) groups is 1. The molecule has 0 aliphatic rings. The molecule has 0 saturated heterocycles. The summed E-state index contributed by atoms with van der Waals surface area (Å²) in [6.07, 6.45) is 1.52. The highest BCUT2D eigenvalue weighted by molar-refractivity contribution is 9.10. The topological polar surface area (TPSA) is 87.5 Å². The summed E-state index contributed by atoms with van der Waals surface area (Å²) in [6, 6.07) is 21.4. The summed E-state index contributed by atoms with van der Waals surface area (Å²) in [7, 11) is 0. The normalized spacial score (nSPS) is 11.5. The van der Waals surface area contributed by atoms with Crippen molar-refractivity contribution in [2.75, 3.05) is 0 Å². The molecule has 0 radical (unpaired) electrons. The maximum Gasteiger partial charge on any atom is 0.345 e. The van der Waals surface area contributed by atoms with Gasteiger partial charge in [-0.05, 0) is 48.5 Å². The Morgan fingerprint density at radius 2 is 1.85 bits per heavy atom. The highest BCUT2D eigenvalue weighted by atomic mass is 79.9. The molecule has 0 unspecified atom stereocenters. The highest BCUT2D eigenvalue weighted by Gasteiger charge is 2.16. The van der Waals surface area contributed by atoms with Crippen LogP contribution < -0.4 is 11.1 Å². The standard InChI is InChI=1S/C25H15BrClN3O3/c26-16-8-5-15-11-19(25(32)33-22(15)12-16)23-20(18-3-1-2-4-21(18)29-23)13-28-30-24(31)14-6-9-17(27)10-7-14/h1-13,29H,(H,30,31)/b28-13+. The van der Waals surface area contributed by atoms with Crippen molar-refractivity contribution in [1.82, 2.24) is 10.4 Å². The van der Waals surface area contributed by atoms with E-state index in [2.05, 4.69) is 31.4 Å². The molecule has 2 N–H and O–H groups in total. The summed E-state index contributed by atoms with van der Waals surface area (Å²) in [5, 5.41) is 6.31. The average Bonchev–Trinajstić information content (AvgIpc) is 3.17. The van der Waals surface area contributed by atoms with E-state index in [9.17, 15) is 9.59 Å². The molecule has 2 aromatic heterocycles. The quantitative estimate of drug-likeness (QED) is 0.170. The van der Waals surface area contributed by atoms with Gasteiger partial charge < -0.3 is 9.40 Å². The van der Waals surface area contributed by atoms with Gasteiger partial charge in [-0.1, -0.05) is 51.8 Å². The summed E-state index contributed by atoms with van der Waals surface area (Å²) >= 11 is 9.26. The van der Waals surface area contributed by atoms with E-state index in [1.807, 2.05) is 36.4 Å². The fraction of sp³-hybridized carbons (Fsp3) is 0. The van der Waals surface area contributed by atoms with Crippen LogP contribution in [0.2, 0.25) is 5.02 Å². The first-order valence-corrected chi connectivity index (χ1v) is 11.1. The second-order valence-corrected chi connectivity index (χ2v) is 8.65. The third-order valence-corrected chi connectivity index (χ3v) is 5.92. The van der Waals surface area contributed by atoms with Gasteiger partial charge in [0.15, 0.2) is 0 Å². The number of aromatic amines is 1. The van der Waals surface area contributed by atoms with Gasteiger partial charge in [0.25, 0.3) is 5.91 Å². The number of nitrogens with one attached hydrogen (secondary N) is 2. The molecule has 0 spiro atoms. The van der Waals surface area contributed by atoms with E-state index >= 15 is 0 Å². The molecule has 8 heteroatoms. The van der Waals surface area contributed by atoms with Gasteiger partial charge in [-0.2, -0.15) is 5.10 Å². The van der Waals surface area contributed by atoms with Gasteiger partial charge in [-0.3, -0.25) is 4.79 Å². The zero-order chi connectivity index (χ0) is 22.9. The van der Waals surface area contributed by atoms with E-state index in [0.717, 1.165) is 20.8 Å². The van der Waals surface area contributed by atoms with Crippen molar-refractivity contribution in [2.45, 2.75) is 0 Å². The van der Waals surface area contributed by atoms with Crippen molar-refractivity contribution >= 4 is 61.5 Å². The number of para-hydroxylation sites is 1. The molecular formula is C25H15BrClN3O3. The fourth-order valence-corrected chi connectivity index (χ4v) is 4.06. The number of nitrogens with zero attached hydrogens (tertiary/aromatic N) is 1.